The highest BCUT2D eigenvalue weighted by Crippen LogP contribution is 2.31. The Bertz CT molecular complexity index is 214. The standard InChI is InChI=1S/C10H14O2/c1-2-3-4-6-9-10(12-9)7-5-8-11/h5,7-8H,2-4,6H2,1H3. The molecule has 12 heavy (non-hydrogen) atoms. The smallest absolute Gasteiger partial charge is 0.165 e. The number of ether oxygens (including phenoxy) is 1. The number of hydrogen-bond acceptors (Lipinski definition) is 2. The normalized spacial score (nSPS) is 15.1. The average Bonchev–Trinajstić information content (AvgIpc) is 2.81. The molecular formula is C10H14O2. The maximum Gasteiger partial charge on any atom is 0.165 e. The first-order valence-electron chi connectivity index (χ1n) is 4.41. The zero-order valence-electron chi connectivity index (χ0n) is 7.38. The highest BCUT2D eigenvalue weighted by atomic mass is 16.6. The lowest BCUT2D eigenvalue weighted by atomic mass is 10.2. The van der Waals surface area contributed by atoms with Crippen LogP contribution in [-0.2, 0) is 9.53 Å². The van der Waals surface area contributed by atoms with Crippen LogP contribution in [0.2, 0.25) is 0 Å². The highest BCUT2D eigenvalue weighted by Gasteiger charge is 2.20. The first kappa shape index (κ1) is 9.04. The SMILES string of the molecule is CCCCCC1=C(C=CC=O)O1. The molecule has 2 nitrogen and oxygen atoms in total. The first-order chi connectivity index (χ1) is 5.88. The summed E-state index contributed by atoms with van der Waals surface area (Å²) in [6.45, 7) is 2.18. The van der Waals surface area contributed by atoms with Crippen molar-refractivity contribution >= 4 is 6.29 Å². The fourth-order valence-corrected chi connectivity index (χ4v) is 1.07. The Morgan fingerprint density at radius 1 is 1.42 bits per heavy atom. The second-order valence-electron chi connectivity index (χ2n) is 2.84. The summed E-state index contributed by atoms with van der Waals surface area (Å²) in [5.74, 6) is 1.94. The lowest BCUT2D eigenvalue weighted by Crippen LogP contribution is -1.71. The molecular weight excluding hydrogens is 152 g/mol. The van der Waals surface area contributed by atoms with Crippen LogP contribution in [0.4, 0.5) is 0 Å². The van der Waals surface area contributed by atoms with Gasteiger partial charge >= 0.3 is 0 Å². The van der Waals surface area contributed by atoms with Crippen LogP contribution in [0, 0.1) is 0 Å². The van der Waals surface area contributed by atoms with Crippen LogP contribution in [0.3, 0.4) is 0 Å². The third-order valence-electron chi connectivity index (χ3n) is 1.80. The predicted molar refractivity (Wildman–Crippen MR) is 47.5 cm³/mol. The van der Waals surface area contributed by atoms with Crippen LogP contribution < -0.4 is 0 Å². The van der Waals surface area contributed by atoms with Gasteiger partial charge in [0, 0.05) is 6.42 Å². The Labute approximate surface area is 72.9 Å². The zero-order chi connectivity index (χ0) is 8.81. The molecule has 0 amide bonds. The van der Waals surface area contributed by atoms with Crippen LogP contribution in [0.25, 0.3) is 0 Å². The molecule has 0 saturated carbocycles. The lowest BCUT2D eigenvalue weighted by Gasteiger charge is -1.88. The average molecular weight is 166 g/mol. The molecule has 1 heterocycles. The summed E-state index contributed by atoms with van der Waals surface area (Å²) in [6, 6.07) is 0. The fourth-order valence-electron chi connectivity index (χ4n) is 1.07. The van der Waals surface area contributed by atoms with Gasteiger partial charge in [0.15, 0.2) is 5.76 Å². The minimum absolute atomic E-state index is 0.762. The van der Waals surface area contributed by atoms with Crippen molar-refractivity contribution in [1.29, 1.82) is 0 Å². The molecule has 0 aromatic heterocycles. The van der Waals surface area contributed by atoms with Gasteiger partial charge < -0.3 is 4.74 Å². The molecule has 0 saturated heterocycles. The Kier molecular flexibility index (Phi) is 3.58. The Balaban J connectivity index is 2.15. The van der Waals surface area contributed by atoms with Crippen molar-refractivity contribution in [2.45, 2.75) is 32.6 Å². The van der Waals surface area contributed by atoms with E-state index in [1.165, 1.54) is 25.3 Å². The second-order valence-corrected chi connectivity index (χ2v) is 2.84. The summed E-state index contributed by atoms with van der Waals surface area (Å²) in [7, 11) is 0. The zero-order valence-corrected chi connectivity index (χ0v) is 7.38. The number of allylic oxidation sites excluding steroid dienone is 3. The molecule has 2 heteroatoms. The van der Waals surface area contributed by atoms with E-state index in [2.05, 4.69) is 6.92 Å². The highest BCUT2D eigenvalue weighted by molar-refractivity contribution is 5.66. The van der Waals surface area contributed by atoms with Crippen LogP contribution in [-0.4, -0.2) is 6.29 Å². The van der Waals surface area contributed by atoms with Crippen molar-refractivity contribution in [3.05, 3.63) is 23.7 Å². The maximum absolute atomic E-state index is 9.94. The van der Waals surface area contributed by atoms with Gasteiger partial charge in [0.05, 0.1) is 0 Å². The molecule has 0 atom stereocenters. The van der Waals surface area contributed by atoms with E-state index in [1.54, 1.807) is 6.08 Å². The summed E-state index contributed by atoms with van der Waals surface area (Å²) in [5, 5.41) is 0. The van der Waals surface area contributed by atoms with Gasteiger partial charge in [-0.05, 0) is 18.6 Å². The monoisotopic (exact) mass is 166 g/mol. The van der Waals surface area contributed by atoms with Crippen molar-refractivity contribution in [2.24, 2.45) is 0 Å². The van der Waals surface area contributed by atoms with Crippen LogP contribution in [0.1, 0.15) is 32.6 Å². The van der Waals surface area contributed by atoms with Gasteiger partial charge in [-0.3, -0.25) is 4.79 Å². The minimum Gasteiger partial charge on any atom is -0.454 e. The van der Waals surface area contributed by atoms with Gasteiger partial charge in [-0.25, -0.2) is 0 Å². The quantitative estimate of drug-likeness (QED) is 0.345. The molecule has 1 aliphatic rings. The number of carbonyl (C=O) groups is 1. The molecule has 0 aliphatic carbocycles. The number of rotatable bonds is 6. The molecule has 0 spiro atoms. The Morgan fingerprint density at radius 3 is 2.92 bits per heavy atom. The third kappa shape index (κ3) is 2.91. The maximum atomic E-state index is 9.94. The molecule has 0 radical (unpaired) electrons. The summed E-state index contributed by atoms with van der Waals surface area (Å²) < 4.78 is 5.15. The molecule has 1 aliphatic heterocycles. The van der Waals surface area contributed by atoms with E-state index in [4.69, 9.17) is 4.74 Å². The minimum atomic E-state index is 0.762. The number of carbonyl (C=O) groups excluding carboxylic acids is 1. The summed E-state index contributed by atoms with van der Waals surface area (Å²) in [6.07, 6.45) is 8.62. The molecule has 0 unspecified atom stereocenters. The van der Waals surface area contributed by atoms with Gasteiger partial charge in [0.1, 0.15) is 12.0 Å². The van der Waals surface area contributed by atoms with E-state index in [9.17, 15) is 4.79 Å². The second kappa shape index (κ2) is 4.75. The van der Waals surface area contributed by atoms with Crippen molar-refractivity contribution < 1.29 is 9.53 Å². The summed E-state index contributed by atoms with van der Waals surface area (Å²) in [4.78, 5) is 9.94. The summed E-state index contributed by atoms with van der Waals surface area (Å²) in [5.41, 5.74) is 0. The number of unbranched alkanes of at least 4 members (excludes halogenated alkanes) is 2. The van der Waals surface area contributed by atoms with Gasteiger partial charge in [-0.1, -0.05) is 19.8 Å². The van der Waals surface area contributed by atoms with Crippen molar-refractivity contribution in [1.82, 2.24) is 0 Å². The van der Waals surface area contributed by atoms with Crippen LogP contribution in [0.15, 0.2) is 23.7 Å². The Hall–Kier alpha value is -1.05. The largest absolute Gasteiger partial charge is 0.454 e. The first-order valence-corrected chi connectivity index (χ1v) is 4.41. The van der Waals surface area contributed by atoms with Gasteiger partial charge in [0.25, 0.3) is 0 Å². The van der Waals surface area contributed by atoms with E-state index >= 15 is 0 Å². The van der Waals surface area contributed by atoms with E-state index in [1.807, 2.05) is 0 Å². The van der Waals surface area contributed by atoms with Crippen molar-refractivity contribution in [2.75, 3.05) is 0 Å². The topological polar surface area (TPSA) is 29.6 Å². The number of hydrogen-bond donors (Lipinski definition) is 0. The van der Waals surface area contributed by atoms with Crippen LogP contribution in [0.5, 0.6) is 0 Å². The third-order valence-corrected chi connectivity index (χ3v) is 1.80. The van der Waals surface area contributed by atoms with E-state index in [0.717, 1.165) is 24.2 Å². The molecule has 0 bridgehead atoms. The van der Waals surface area contributed by atoms with Gasteiger partial charge in [-0.2, -0.15) is 0 Å². The summed E-state index contributed by atoms with van der Waals surface area (Å²) >= 11 is 0. The molecule has 66 valence electrons. The number of aldehydes is 1. The van der Waals surface area contributed by atoms with E-state index in [0.29, 0.717) is 0 Å². The van der Waals surface area contributed by atoms with Gasteiger partial charge in [-0.15, -0.1) is 0 Å². The predicted octanol–water partition coefficient (Wildman–Crippen LogP) is 2.56. The molecule has 0 aromatic rings. The van der Waals surface area contributed by atoms with Gasteiger partial charge in [0.2, 0.25) is 0 Å². The molecule has 0 aromatic carbocycles. The lowest BCUT2D eigenvalue weighted by molar-refractivity contribution is -0.104. The van der Waals surface area contributed by atoms with Crippen molar-refractivity contribution in [3.63, 3.8) is 0 Å². The van der Waals surface area contributed by atoms with Crippen molar-refractivity contribution in [3.8, 4) is 0 Å². The fraction of sp³-hybridized carbons (Fsp3) is 0.500. The van der Waals surface area contributed by atoms with E-state index in [-0.39, 0.29) is 0 Å². The molecule has 1 rings (SSSR count). The molecule has 0 N–H and O–H groups in total. The van der Waals surface area contributed by atoms with Crippen LogP contribution >= 0.6 is 0 Å². The van der Waals surface area contributed by atoms with E-state index < -0.39 is 0 Å². The molecule has 0 fully saturated rings. The Morgan fingerprint density at radius 2 is 2.25 bits per heavy atom.